The van der Waals surface area contributed by atoms with Crippen molar-refractivity contribution < 1.29 is 4.42 Å². The number of hydrogen-bond acceptors (Lipinski definition) is 2. The maximum Gasteiger partial charge on any atom is 0.137 e. The summed E-state index contributed by atoms with van der Waals surface area (Å²) in [5.74, 6) is 0. The summed E-state index contributed by atoms with van der Waals surface area (Å²) in [5.41, 5.74) is 16.7. The minimum atomic E-state index is -0.532. The van der Waals surface area contributed by atoms with Crippen molar-refractivity contribution in [2.45, 2.75) is 12.3 Å². The highest BCUT2D eigenvalue weighted by Crippen LogP contribution is 2.57. The Labute approximate surface area is 342 Å². The molecule has 3 heteroatoms. The Morgan fingerprint density at radius 2 is 1.05 bits per heavy atom. The lowest BCUT2D eigenvalue weighted by molar-refractivity contribution is 0.669. The molecule has 11 aromatic rings. The van der Waals surface area contributed by atoms with E-state index in [-0.39, 0.29) is 0 Å². The zero-order valence-corrected chi connectivity index (χ0v) is 32.5. The Hall–Kier alpha value is -7.62. The van der Waals surface area contributed by atoms with Gasteiger partial charge in [-0.05, 0) is 107 Å². The number of nitrogens with zero attached hydrogens (tertiary/aromatic N) is 2. The highest BCUT2D eigenvalue weighted by Gasteiger charge is 2.46. The molecular formula is C56H38N2O. The maximum absolute atomic E-state index is 6.54. The minimum Gasteiger partial charge on any atom is -0.456 e. The van der Waals surface area contributed by atoms with Crippen LogP contribution in [0.5, 0.6) is 0 Å². The first-order valence-corrected chi connectivity index (χ1v) is 20.3. The van der Waals surface area contributed by atoms with Gasteiger partial charge < -0.3 is 13.9 Å². The van der Waals surface area contributed by atoms with Gasteiger partial charge >= 0.3 is 0 Å². The van der Waals surface area contributed by atoms with E-state index in [1.807, 2.05) is 6.07 Å². The van der Waals surface area contributed by atoms with E-state index in [2.05, 4.69) is 223 Å². The maximum atomic E-state index is 6.54. The van der Waals surface area contributed by atoms with Gasteiger partial charge in [0.05, 0.1) is 27.5 Å². The number of para-hydroxylation sites is 2. The molecule has 0 N–H and O–H groups in total. The molecule has 59 heavy (non-hydrogen) atoms. The third-order valence-corrected chi connectivity index (χ3v) is 12.5. The predicted molar refractivity (Wildman–Crippen MR) is 245 cm³/mol. The number of anilines is 3. The van der Waals surface area contributed by atoms with Gasteiger partial charge in [0, 0.05) is 33.2 Å². The zero-order chi connectivity index (χ0) is 39.1. The third kappa shape index (κ3) is 4.88. The van der Waals surface area contributed by atoms with Crippen molar-refractivity contribution in [3.8, 4) is 16.8 Å². The second-order valence-electron chi connectivity index (χ2n) is 15.7. The molecule has 0 bridgehead atoms. The van der Waals surface area contributed by atoms with Gasteiger partial charge in [-0.15, -0.1) is 0 Å². The lowest BCUT2D eigenvalue weighted by Gasteiger charge is -2.35. The van der Waals surface area contributed by atoms with Crippen LogP contribution in [0.3, 0.4) is 0 Å². The van der Waals surface area contributed by atoms with E-state index in [4.69, 9.17) is 4.42 Å². The van der Waals surface area contributed by atoms with Gasteiger partial charge in [-0.25, -0.2) is 0 Å². The molecule has 0 unspecified atom stereocenters. The van der Waals surface area contributed by atoms with E-state index in [1.165, 1.54) is 60.8 Å². The van der Waals surface area contributed by atoms with Crippen molar-refractivity contribution in [1.82, 2.24) is 4.57 Å². The summed E-state index contributed by atoms with van der Waals surface area (Å²) in [6.45, 7) is 2.14. The van der Waals surface area contributed by atoms with Gasteiger partial charge in [-0.2, -0.15) is 0 Å². The van der Waals surface area contributed by atoms with Crippen molar-refractivity contribution in [1.29, 1.82) is 0 Å². The summed E-state index contributed by atoms with van der Waals surface area (Å²) in [4.78, 5) is 2.45. The number of fused-ring (bicyclic) bond motifs is 9. The summed E-state index contributed by atoms with van der Waals surface area (Å²) in [7, 11) is 0. The van der Waals surface area contributed by atoms with Crippen LogP contribution < -0.4 is 4.90 Å². The summed E-state index contributed by atoms with van der Waals surface area (Å²) in [6, 6.07) is 77.6. The molecule has 0 radical (unpaired) electrons. The predicted octanol–water partition coefficient (Wildman–Crippen LogP) is 14.8. The Balaban J connectivity index is 1.17. The van der Waals surface area contributed by atoms with Crippen LogP contribution in [0.4, 0.5) is 17.1 Å². The molecule has 12 rings (SSSR count). The van der Waals surface area contributed by atoms with Crippen LogP contribution in [0.1, 0.15) is 27.8 Å². The fourth-order valence-corrected chi connectivity index (χ4v) is 10.0. The second kappa shape index (κ2) is 13.0. The molecule has 3 nitrogen and oxygen atoms in total. The van der Waals surface area contributed by atoms with E-state index in [9.17, 15) is 0 Å². The van der Waals surface area contributed by atoms with Crippen LogP contribution in [-0.4, -0.2) is 4.57 Å². The van der Waals surface area contributed by atoms with Crippen LogP contribution in [-0.2, 0) is 5.41 Å². The number of benzene rings is 9. The molecule has 2 aromatic heterocycles. The van der Waals surface area contributed by atoms with Gasteiger partial charge in [-0.3, -0.25) is 0 Å². The van der Waals surface area contributed by atoms with Crippen LogP contribution in [0.25, 0.3) is 60.6 Å². The molecule has 0 saturated heterocycles. The van der Waals surface area contributed by atoms with Crippen molar-refractivity contribution in [2.24, 2.45) is 0 Å². The minimum absolute atomic E-state index is 0.532. The molecule has 1 aliphatic carbocycles. The number of furan rings is 1. The van der Waals surface area contributed by atoms with Crippen LogP contribution in [0, 0.1) is 6.92 Å². The molecular weight excluding hydrogens is 717 g/mol. The second-order valence-corrected chi connectivity index (χ2v) is 15.7. The van der Waals surface area contributed by atoms with Crippen LogP contribution in [0.2, 0.25) is 0 Å². The van der Waals surface area contributed by atoms with Crippen LogP contribution >= 0.6 is 0 Å². The van der Waals surface area contributed by atoms with Crippen LogP contribution in [0.15, 0.2) is 217 Å². The standard InChI is InChI=1S/C56H38N2O/c1-37-27-29-40(30-28-37)58-50-23-12-9-20-45(50)47-35-41(32-34-51(47)58)57(52-24-14-26-54-55(52)46-21-10-13-25-53(46)59-54)42-31-33-44-43-19-8-11-22-48(43)56(49(44)36-42,38-15-4-2-5-16-38)39-17-6-3-7-18-39/h2-36H,1H3. The van der Waals surface area contributed by atoms with Gasteiger partial charge in [0.25, 0.3) is 0 Å². The first kappa shape index (κ1) is 33.5. The zero-order valence-electron chi connectivity index (χ0n) is 32.5. The van der Waals surface area contributed by atoms with Gasteiger partial charge in [-0.1, -0.05) is 151 Å². The van der Waals surface area contributed by atoms with Crippen molar-refractivity contribution in [3.63, 3.8) is 0 Å². The fourth-order valence-electron chi connectivity index (χ4n) is 10.0. The molecule has 0 aliphatic heterocycles. The monoisotopic (exact) mass is 754 g/mol. The molecule has 278 valence electrons. The summed E-state index contributed by atoms with van der Waals surface area (Å²) < 4.78 is 8.93. The van der Waals surface area contributed by atoms with Gasteiger partial charge in [0.2, 0.25) is 0 Å². The normalized spacial score (nSPS) is 13.0. The number of rotatable bonds is 6. The average molecular weight is 755 g/mol. The highest BCUT2D eigenvalue weighted by molar-refractivity contribution is 6.15. The first-order chi connectivity index (χ1) is 29.2. The lowest BCUT2D eigenvalue weighted by Crippen LogP contribution is -2.28. The molecule has 1 aliphatic rings. The summed E-state index contributed by atoms with van der Waals surface area (Å²) in [5, 5.41) is 4.60. The third-order valence-electron chi connectivity index (χ3n) is 12.5. The SMILES string of the molecule is Cc1ccc(-n2c3ccccc3c3cc(N(c4ccc5c(c4)C(c4ccccc4)(c4ccccc4)c4ccccc4-5)c4cccc5oc6ccccc6c45)ccc32)cc1. The van der Waals surface area contributed by atoms with E-state index >= 15 is 0 Å². The molecule has 0 saturated carbocycles. The molecule has 9 aromatic carbocycles. The Morgan fingerprint density at radius 1 is 0.441 bits per heavy atom. The Bertz CT molecular complexity index is 3350. The van der Waals surface area contributed by atoms with E-state index in [1.54, 1.807) is 0 Å². The molecule has 0 amide bonds. The first-order valence-electron chi connectivity index (χ1n) is 20.3. The van der Waals surface area contributed by atoms with Crippen molar-refractivity contribution in [3.05, 3.63) is 240 Å². The molecule has 2 heterocycles. The number of aromatic nitrogens is 1. The lowest BCUT2D eigenvalue weighted by atomic mass is 9.67. The summed E-state index contributed by atoms with van der Waals surface area (Å²) >= 11 is 0. The topological polar surface area (TPSA) is 21.3 Å². The Kier molecular flexibility index (Phi) is 7.36. The number of aryl methyl sites for hydroxylation is 1. The average Bonchev–Trinajstić information content (AvgIpc) is 3.94. The molecule has 0 fully saturated rings. The van der Waals surface area contributed by atoms with Crippen molar-refractivity contribution >= 4 is 60.8 Å². The van der Waals surface area contributed by atoms with E-state index < -0.39 is 5.41 Å². The van der Waals surface area contributed by atoms with E-state index in [0.717, 1.165) is 44.7 Å². The van der Waals surface area contributed by atoms with Gasteiger partial charge in [0.1, 0.15) is 11.2 Å². The van der Waals surface area contributed by atoms with Gasteiger partial charge in [0.15, 0.2) is 0 Å². The summed E-state index contributed by atoms with van der Waals surface area (Å²) in [6.07, 6.45) is 0. The van der Waals surface area contributed by atoms with Crippen molar-refractivity contribution in [2.75, 3.05) is 4.90 Å². The molecule has 0 atom stereocenters. The Morgan fingerprint density at radius 3 is 1.85 bits per heavy atom. The smallest absolute Gasteiger partial charge is 0.137 e. The largest absolute Gasteiger partial charge is 0.456 e. The quantitative estimate of drug-likeness (QED) is 0.169. The fraction of sp³-hybridized carbons (Fsp3) is 0.0357. The number of hydrogen-bond donors (Lipinski definition) is 0. The molecule has 0 spiro atoms. The van der Waals surface area contributed by atoms with E-state index in [0.29, 0.717) is 0 Å². The highest BCUT2D eigenvalue weighted by atomic mass is 16.3.